The van der Waals surface area contributed by atoms with E-state index in [0.717, 1.165) is 5.56 Å². The quantitative estimate of drug-likeness (QED) is 0.791. The summed E-state index contributed by atoms with van der Waals surface area (Å²) in [6.45, 7) is 4.30. The van der Waals surface area contributed by atoms with E-state index in [4.69, 9.17) is 5.11 Å². The molecule has 0 spiro atoms. The number of anilines is 1. The van der Waals surface area contributed by atoms with Gasteiger partial charge in [-0.25, -0.2) is 0 Å². The van der Waals surface area contributed by atoms with Crippen LogP contribution in [0.1, 0.15) is 12.5 Å². The Kier molecular flexibility index (Phi) is 5.32. The van der Waals surface area contributed by atoms with Crippen molar-refractivity contribution < 1.29 is 14.7 Å². The lowest BCUT2D eigenvalue weighted by Crippen LogP contribution is -2.41. The highest BCUT2D eigenvalue weighted by molar-refractivity contribution is 5.98. The molecule has 0 atom stereocenters. The summed E-state index contributed by atoms with van der Waals surface area (Å²) in [6, 6.07) is 7.21. The molecule has 5 heteroatoms. The van der Waals surface area contributed by atoms with E-state index in [1.807, 2.05) is 26.0 Å². The largest absolute Gasteiger partial charge is 0.480 e. The van der Waals surface area contributed by atoms with Gasteiger partial charge in [-0.3, -0.25) is 9.59 Å². The smallest absolute Gasteiger partial charge is 0.323 e. The molecule has 0 fully saturated rings. The van der Waals surface area contributed by atoms with E-state index < -0.39 is 5.97 Å². The minimum Gasteiger partial charge on any atom is -0.480 e. The number of aliphatic carboxylic acids is 1. The van der Waals surface area contributed by atoms with Gasteiger partial charge in [0, 0.05) is 5.69 Å². The fraction of sp³-hybridized carbons (Fsp3) is 0.385. The van der Waals surface area contributed by atoms with Gasteiger partial charge >= 0.3 is 5.97 Å². The Bertz CT molecular complexity index is 415. The van der Waals surface area contributed by atoms with E-state index in [1.54, 1.807) is 12.1 Å². The second-order valence-corrected chi connectivity index (χ2v) is 3.99. The molecule has 5 nitrogen and oxygen atoms in total. The van der Waals surface area contributed by atoms with Crippen molar-refractivity contribution in [3.05, 3.63) is 29.8 Å². The van der Waals surface area contributed by atoms with Gasteiger partial charge in [0.25, 0.3) is 0 Å². The van der Waals surface area contributed by atoms with Crippen LogP contribution in [-0.2, 0) is 9.59 Å². The van der Waals surface area contributed by atoms with Gasteiger partial charge in [-0.05, 0) is 25.6 Å². The van der Waals surface area contributed by atoms with Crippen molar-refractivity contribution in [2.75, 3.05) is 24.5 Å². The Morgan fingerprint density at radius 2 is 1.89 bits per heavy atom. The van der Waals surface area contributed by atoms with Crippen LogP contribution in [0.5, 0.6) is 0 Å². The average molecular weight is 250 g/mol. The lowest BCUT2D eigenvalue weighted by atomic mass is 10.2. The highest BCUT2D eigenvalue weighted by atomic mass is 16.4. The molecule has 0 heterocycles. The molecule has 0 saturated heterocycles. The third-order valence-corrected chi connectivity index (χ3v) is 2.47. The third-order valence-electron chi connectivity index (χ3n) is 2.47. The standard InChI is InChI=1S/C13H18N2O3/c1-3-14-8-12(16)15(9-13(17)18)11-6-4-10(2)5-7-11/h4-7,14H,3,8-9H2,1-2H3,(H,17,18). The molecule has 2 N–H and O–H groups in total. The number of likely N-dealkylation sites (N-methyl/N-ethyl adjacent to an activating group) is 1. The zero-order valence-corrected chi connectivity index (χ0v) is 10.6. The van der Waals surface area contributed by atoms with E-state index in [9.17, 15) is 9.59 Å². The highest BCUT2D eigenvalue weighted by Crippen LogP contribution is 2.15. The molecular weight excluding hydrogens is 232 g/mol. The summed E-state index contributed by atoms with van der Waals surface area (Å²) in [5, 5.41) is 11.8. The second-order valence-electron chi connectivity index (χ2n) is 3.99. The summed E-state index contributed by atoms with van der Waals surface area (Å²) in [7, 11) is 0. The number of hydrogen-bond donors (Lipinski definition) is 2. The average Bonchev–Trinajstić information content (AvgIpc) is 2.34. The number of carbonyl (C=O) groups is 2. The van der Waals surface area contributed by atoms with E-state index in [0.29, 0.717) is 12.2 Å². The van der Waals surface area contributed by atoms with Gasteiger partial charge in [0.15, 0.2) is 0 Å². The van der Waals surface area contributed by atoms with Crippen molar-refractivity contribution in [2.45, 2.75) is 13.8 Å². The minimum absolute atomic E-state index is 0.137. The number of hydrogen-bond acceptors (Lipinski definition) is 3. The Morgan fingerprint density at radius 3 is 2.39 bits per heavy atom. The Hall–Kier alpha value is -1.88. The number of amides is 1. The Morgan fingerprint density at radius 1 is 1.28 bits per heavy atom. The van der Waals surface area contributed by atoms with Gasteiger partial charge < -0.3 is 15.3 Å². The van der Waals surface area contributed by atoms with Crippen molar-refractivity contribution in [2.24, 2.45) is 0 Å². The number of nitrogens with one attached hydrogen (secondary N) is 1. The molecule has 0 unspecified atom stereocenters. The van der Waals surface area contributed by atoms with Crippen molar-refractivity contribution in [1.82, 2.24) is 5.32 Å². The maximum atomic E-state index is 11.9. The van der Waals surface area contributed by atoms with Crippen LogP contribution in [-0.4, -0.2) is 36.6 Å². The molecule has 0 radical (unpaired) electrons. The summed E-state index contributed by atoms with van der Waals surface area (Å²) >= 11 is 0. The van der Waals surface area contributed by atoms with Crippen molar-refractivity contribution >= 4 is 17.6 Å². The molecule has 0 aromatic heterocycles. The normalized spacial score (nSPS) is 10.1. The third kappa shape index (κ3) is 4.18. The molecule has 1 aromatic carbocycles. The van der Waals surface area contributed by atoms with Gasteiger partial charge in [-0.2, -0.15) is 0 Å². The summed E-state index contributed by atoms with van der Waals surface area (Å²) in [5.74, 6) is -1.27. The summed E-state index contributed by atoms with van der Waals surface area (Å²) in [5.41, 5.74) is 1.67. The second kappa shape index (κ2) is 6.76. The topological polar surface area (TPSA) is 69.6 Å². The number of rotatable bonds is 6. The molecule has 0 aliphatic carbocycles. The molecular formula is C13H18N2O3. The molecule has 98 valence electrons. The molecule has 1 rings (SSSR count). The van der Waals surface area contributed by atoms with E-state index >= 15 is 0 Å². The summed E-state index contributed by atoms with van der Waals surface area (Å²) in [4.78, 5) is 24.0. The maximum Gasteiger partial charge on any atom is 0.323 e. The van der Waals surface area contributed by atoms with Gasteiger partial charge in [0.05, 0.1) is 6.54 Å². The monoisotopic (exact) mass is 250 g/mol. The highest BCUT2D eigenvalue weighted by Gasteiger charge is 2.17. The van der Waals surface area contributed by atoms with Crippen LogP contribution >= 0.6 is 0 Å². The first-order valence-electron chi connectivity index (χ1n) is 5.84. The predicted octanol–water partition coefficient (Wildman–Crippen LogP) is 1.02. The van der Waals surface area contributed by atoms with Crippen LogP contribution in [0.2, 0.25) is 0 Å². The number of benzene rings is 1. The number of carboxylic acids is 1. The zero-order chi connectivity index (χ0) is 13.5. The Labute approximate surface area is 106 Å². The fourth-order valence-corrected chi connectivity index (χ4v) is 1.51. The first-order valence-corrected chi connectivity index (χ1v) is 5.84. The molecule has 18 heavy (non-hydrogen) atoms. The van der Waals surface area contributed by atoms with E-state index in [1.165, 1.54) is 4.90 Å². The van der Waals surface area contributed by atoms with E-state index in [-0.39, 0.29) is 19.0 Å². The van der Waals surface area contributed by atoms with Crippen LogP contribution < -0.4 is 10.2 Å². The molecule has 0 saturated carbocycles. The SMILES string of the molecule is CCNCC(=O)N(CC(=O)O)c1ccc(C)cc1. The molecule has 0 aliphatic rings. The number of carboxylic acid groups (broad SMARTS) is 1. The number of aryl methyl sites for hydroxylation is 1. The lowest BCUT2D eigenvalue weighted by Gasteiger charge is -2.21. The molecule has 1 aromatic rings. The van der Waals surface area contributed by atoms with Crippen molar-refractivity contribution in [1.29, 1.82) is 0 Å². The van der Waals surface area contributed by atoms with Gasteiger partial charge in [-0.1, -0.05) is 24.6 Å². The maximum absolute atomic E-state index is 11.9. The van der Waals surface area contributed by atoms with Crippen LogP contribution in [0.4, 0.5) is 5.69 Å². The first kappa shape index (κ1) is 14.2. The Balaban J connectivity index is 2.86. The van der Waals surface area contributed by atoms with Crippen molar-refractivity contribution in [3.8, 4) is 0 Å². The van der Waals surface area contributed by atoms with Gasteiger partial charge in [-0.15, -0.1) is 0 Å². The van der Waals surface area contributed by atoms with Crippen LogP contribution in [0.3, 0.4) is 0 Å². The van der Waals surface area contributed by atoms with E-state index in [2.05, 4.69) is 5.32 Å². The minimum atomic E-state index is -1.03. The molecule has 1 amide bonds. The zero-order valence-electron chi connectivity index (χ0n) is 10.6. The number of nitrogens with zero attached hydrogens (tertiary/aromatic N) is 1. The van der Waals surface area contributed by atoms with Gasteiger partial charge in [0.1, 0.15) is 6.54 Å². The predicted molar refractivity (Wildman–Crippen MR) is 69.7 cm³/mol. The lowest BCUT2D eigenvalue weighted by molar-refractivity contribution is -0.136. The molecule has 0 aliphatic heterocycles. The first-order chi connectivity index (χ1) is 8.54. The van der Waals surface area contributed by atoms with Crippen molar-refractivity contribution in [3.63, 3.8) is 0 Å². The number of carbonyl (C=O) groups excluding carboxylic acids is 1. The summed E-state index contributed by atoms with van der Waals surface area (Å²) in [6.07, 6.45) is 0. The van der Waals surface area contributed by atoms with Crippen LogP contribution in [0.25, 0.3) is 0 Å². The molecule has 0 bridgehead atoms. The summed E-state index contributed by atoms with van der Waals surface area (Å²) < 4.78 is 0. The van der Waals surface area contributed by atoms with Crippen LogP contribution in [0, 0.1) is 6.92 Å². The fourth-order valence-electron chi connectivity index (χ4n) is 1.51. The van der Waals surface area contributed by atoms with Crippen LogP contribution in [0.15, 0.2) is 24.3 Å². The van der Waals surface area contributed by atoms with Gasteiger partial charge in [0.2, 0.25) is 5.91 Å².